The van der Waals surface area contributed by atoms with Gasteiger partial charge in [0.05, 0.1) is 17.3 Å². The second kappa shape index (κ2) is 10.8. The summed E-state index contributed by atoms with van der Waals surface area (Å²) in [7, 11) is 0. The predicted molar refractivity (Wildman–Crippen MR) is 129 cm³/mol. The third-order valence-corrected chi connectivity index (χ3v) is 6.38. The van der Waals surface area contributed by atoms with E-state index in [1.165, 1.54) is 11.8 Å². The number of amides is 2. The highest BCUT2D eigenvalue weighted by molar-refractivity contribution is 7.99. The van der Waals surface area contributed by atoms with E-state index in [-0.39, 0.29) is 24.1 Å². The van der Waals surface area contributed by atoms with Gasteiger partial charge in [0.2, 0.25) is 11.8 Å². The van der Waals surface area contributed by atoms with Crippen LogP contribution in [0.3, 0.4) is 0 Å². The molecular weight excluding hydrogens is 469 g/mol. The van der Waals surface area contributed by atoms with Crippen LogP contribution in [0.4, 0.5) is 5.69 Å². The van der Waals surface area contributed by atoms with Crippen molar-refractivity contribution in [3.63, 3.8) is 0 Å². The number of nitrogens with one attached hydrogen (secondary N) is 2. The average molecular weight is 492 g/mol. The van der Waals surface area contributed by atoms with Crippen molar-refractivity contribution in [2.24, 2.45) is 0 Å². The highest BCUT2D eigenvalue weighted by atomic mass is 35.5. The van der Waals surface area contributed by atoms with Gasteiger partial charge in [0.1, 0.15) is 0 Å². The molecule has 0 radical (unpaired) electrons. The number of carbonyl (C=O) groups excluding carboxylic acids is 2. The van der Waals surface area contributed by atoms with Crippen LogP contribution in [-0.4, -0.2) is 38.9 Å². The van der Waals surface area contributed by atoms with E-state index >= 15 is 0 Å². The molecule has 0 aliphatic heterocycles. The van der Waals surface area contributed by atoms with Gasteiger partial charge in [0.25, 0.3) is 0 Å². The number of aromatic nitrogens is 3. The van der Waals surface area contributed by atoms with Gasteiger partial charge in [0.15, 0.2) is 11.0 Å². The molecule has 0 aliphatic carbocycles. The number of aryl methyl sites for hydroxylation is 1. The second-order valence-corrected chi connectivity index (χ2v) is 8.82. The maximum absolute atomic E-state index is 12.3. The number of rotatable bonds is 8. The van der Waals surface area contributed by atoms with E-state index in [0.29, 0.717) is 33.1 Å². The molecule has 0 spiro atoms. The summed E-state index contributed by atoms with van der Waals surface area (Å²) in [4.78, 5) is 24.4. The van der Waals surface area contributed by atoms with E-state index in [0.717, 1.165) is 16.8 Å². The number of halogens is 2. The van der Waals surface area contributed by atoms with Crippen LogP contribution in [-0.2, 0) is 16.1 Å². The Balaban J connectivity index is 1.56. The average Bonchev–Trinajstić information content (AvgIpc) is 3.16. The molecule has 1 heterocycles. The summed E-state index contributed by atoms with van der Waals surface area (Å²) in [5.74, 6) is 0.143. The Morgan fingerprint density at radius 3 is 2.59 bits per heavy atom. The van der Waals surface area contributed by atoms with Gasteiger partial charge in [-0.05, 0) is 56.2 Å². The normalized spacial score (nSPS) is 10.8. The lowest BCUT2D eigenvalue weighted by molar-refractivity contribution is -0.122. The quantitative estimate of drug-likeness (QED) is 0.444. The summed E-state index contributed by atoms with van der Waals surface area (Å²) in [6.45, 7) is 6.36. The van der Waals surface area contributed by atoms with Gasteiger partial charge in [-0.3, -0.25) is 9.59 Å². The molecule has 168 valence electrons. The third kappa shape index (κ3) is 5.82. The van der Waals surface area contributed by atoms with Crippen LogP contribution in [0.5, 0.6) is 0 Å². The monoisotopic (exact) mass is 491 g/mol. The molecule has 2 amide bonds. The molecule has 10 heteroatoms. The lowest BCUT2D eigenvalue weighted by Crippen LogP contribution is -2.34. The molecule has 0 aliphatic rings. The maximum atomic E-state index is 12.3. The number of thioether (sulfide) groups is 1. The number of hydrogen-bond donors (Lipinski definition) is 2. The van der Waals surface area contributed by atoms with Gasteiger partial charge in [-0.25, -0.2) is 0 Å². The highest BCUT2D eigenvalue weighted by Crippen LogP contribution is 2.31. The molecule has 32 heavy (non-hydrogen) atoms. The first kappa shape index (κ1) is 24.1. The Bertz CT molecular complexity index is 1150. The van der Waals surface area contributed by atoms with Gasteiger partial charge in [-0.2, -0.15) is 0 Å². The smallest absolute Gasteiger partial charge is 0.243 e. The molecule has 3 rings (SSSR count). The number of anilines is 1. The first-order valence-electron chi connectivity index (χ1n) is 9.94. The van der Waals surface area contributed by atoms with E-state index in [1.807, 2.05) is 43.5 Å². The number of nitrogens with zero attached hydrogens (tertiary/aromatic N) is 3. The third-order valence-electron chi connectivity index (χ3n) is 4.86. The van der Waals surface area contributed by atoms with Crippen molar-refractivity contribution in [1.82, 2.24) is 20.1 Å². The molecule has 2 N–H and O–H groups in total. The van der Waals surface area contributed by atoms with Crippen LogP contribution in [0.2, 0.25) is 10.0 Å². The fourth-order valence-electron chi connectivity index (χ4n) is 2.99. The minimum atomic E-state index is -0.284. The molecule has 2 aromatic carbocycles. The zero-order valence-corrected chi connectivity index (χ0v) is 20.2. The Hall–Kier alpha value is -2.55. The van der Waals surface area contributed by atoms with Crippen LogP contribution in [0, 0.1) is 13.8 Å². The van der Waals surface area contributed by atoms with Gasteiger partial charge in [-0.1, -0.05) is 47.1 Å². The molecule has 0 saturated carbocycles. The van der Waals surface area contributed by atoms with Gasteiger partial charge in [-0.15, -0.1) is 10.2 Å². The lowest BCUT2D eigenvalue weighted by atomic mass is 10.1. The molecule has 0 atom stereocenters. The molecular formula is C22H23Cl2N5O2S. The zero-order chi connectivity index (χ0) is 23.3. The van der Waals surface area contributed by atoms with Crippen LogP contribution in [0.15, 0.2) is 41.6 Å². The van der Waals surface area contributed by atoms with Crippen LogP contribution in [0.25, 0.3) is 11.4 Å². The Morgan fingerprint density at radius 1 is 1.09 bits per heavy atom. The van der Waals surface area contributed by atoms with E-state index in [2.05, 4.69) is 20.8 Å². The molecule has 3 aromatic rings. The summed E-state index contributed by atoms with van der Waals surface area (Å²) in [6, 6.07) is 10.9. The van der Waals surface area contributed by atoms with Gasteiger partial charge in [0, 0.05) is 22.8 Å². The Labute approximate surface area is 200 Å². The lowest BCUT2D eigenvalue weighted by Gasteiger charge is -2.11. The topological polar surface area (TPSA) is 88.9 Å². The molecule has 0 saturated heterocycles. The van der Waals surface area contributed by atoms with E-state index in [9.17, 15) is 9.59 Å². The number of benzene rings is 2. The van der Waals surface area contributed by atoms with Crippen molar-refractivity contribution in [3.05, 3.63) is 57.6 Å². The SMILES string of the molecule is CCn1c(SCC(=O)NCC(=O)Nc2cccc(C)c2C)nnc1-c1ccc(Cl)cc1Cl. The molecule has 1 aromatic heterocycles. The summed E-state index contributed by atoms with van der Waals surface area (Å²) >= 11 is 13.5. The zero-order valence-electron chi connectivity index (χ0n) is 17.9. The van der Waals surface area contributed by atoms with Crippen LogP contribution in [0.1, 0.15) is 18.1 Å². The predicted octanol–water partition coefficient (Wildman–Crippen LogP) is 4.74. The molecule has 0 fully saturated rings. The fraction of sp³-hybridized carbons (Fsp3) is 0.273. The summed E-state index contributed by atoms with van der Waals surface area (Å²) in [6.07, 6.45) is 0. The van der Waals surface area contributed by atoms with Crippen molar-refractivity contribution in [3.8, 4) is 11.4 Å². The van der Waals surface area contributed by atoms with E-state index in [1.54, 1.807) is 18.2 Å². The Morgan fingerprint density at radius 2 is 1.88 bits per heavy atom. The van der Waals surface area contributed by atoms with Crippen molar-refractivity contribution >= 4 is 52.5 Å². The van der Waals surface area contributed by atoms with Crippen molar-refractivity contribution in [1.29, 1.82) is 0 Å². The first-order valence-corrected chi connectivity index (χ1v) is 11.7. The summed E-state index contributed by atoms with van der Waals surface area (Å²) < 4.78 is 1.88. The minimum Gasteiger partial charge on any atom is -0.346 e. The largest absolute Gasteiger partial charge is 0.346 e. The van der Waals surface area contributed by atoms with Crippen molar-refractivity contribution < 1.29 is 9.59 Å². The van der Waals surface area contributed by atoms with Crippen LogP contribution < -0.4 is 10.6 Å². The number of carbonyl (C=O) groups is 2. The van der Waals surface area contributed by atoms with E-state index < -0.39 is 0 Å². The maximum Gasteiger partial charge on any atom is 0.243 e. The molecule has 0 bridgehead atoms. The Kier molecular flexibility index (Phi) is 8.17. The van der Waals surface area contributed by atoms with Crippen LogP contribution >= 0.6 is 35.0 Å². The fourth-order valence-corrected chi connectivity index (χ4v) is 4.32. The van der Waals surface area contributed by atoms with Crippen molar-refractivity contribution in [2.45, 2.75) is 32.5 Å². The summed E-state index contributed by atoms with van der Waals surface area (Å²) in [5, 5.41) is 15.5. The molecule has 0 unspecified atom stereocenters. The van der Waals surface area contributed by atoms with Gasteiger partial charge >= 0.3 is 0 Å². The standard InChI is InChI=1S/C22H23Cl2N5O2S/c1-4-29-21(16-9-8-15(23)10-17(16)24)27-28-22(29)32-12-20(31)25-11-19(30)26-18-7-5-6-13(2)14(18)3/h5-10H,4,11-12H2,1-3H3,(H,25,31)(H,26,30). The number of hydrogen-bond acceptors (Lipinski definition) is 5. The molecule has 7 nitrogen and oxygen atoms in total. The van der Waals surface area contributed by atoms with Crippen molar-refractivity contribution in [2.75, 3.05) is 17.6 Å². The van der Waals surface area contributed by atoms with Gasteiger partial charge < -0.3 is 15.2 Å². The second-order valence-electron chi connectivity index (χ2n) is 7.04. The summed E-state index contributed by atoms with van der Waals surface area (Å²) in [5.41, 5.74) is 3.54. The minimum absolute atomic E-state index is 0.100. The highest BCUT2D eigenvalue weighted by Gasteiger charge is 2.17. The first-order chi connectivity index (χ1) is 15.3. The van der Waals surface area contributed by atoms with E-state index in [4.69, 9.17) is 23.2 Å².